The van der Waals surface area contributed by atoms with E-state index >= 15 is 0 Å². The lowest BCUT2D eigenvalue weighted by molar-refractivity contribution is -0.144. The highest BCUT2D eigenvalue weighted by Gasteiger charge is 2.30. The number of hydrogen-bond donors (Lipinski definition) is 1. The summed E-state index contributed by atoms with van der Waals surface area (Å²) < 4.78 is 42.6. The van der Waals surface area contributed by atoms with Gasteiger partial charge < -0.3 is 15.0 Å². The molecule has 6 nitrogen and oxygen atoms in total. The quantitative estimate of drug-likeness (QED) is 0.594. The van der Waals surface area contributed by atoms with E-state index in [9.17, 15) is 27.6 Å². The molecule has 0 bridgehead atoms. The van der Waals surface area contributed by atoms with E-state index in [1.54, 1.807) is 0 Å². The second-order valence-electron chi connectivity index (χ2n) is 5.24. The molecule has 2 amide bonds. The van der Waals surface area contributed by atoms with Gasteiger partial charge in [0.1, 0.15) is 0 Å². The number of benzene rings is 1. The first-order valence-electron chi connectivity index (χ1n) is 7.19. The van der Waals surface area contributed by atoms with Crippen LogP contribution in [0, 0.1) is 0 Å². The number of ether oxygens (including phenoxy) is 1. The molecule has 0 radical (unpaired) electrons. The van der Waals surface area contributed by atoms with E-state index in [2.05, 4.69) is 10.1 Å². The second-order valence-corrected chi connectivity index (χ2v) is 5.65. The number of carbonyl (C=O) groups is 3. The fourth-order valence-corrected chi connectivity index (χ4v) is 1.75. The van der Waals surface area contributed by atoms with Crippen molar-refractivity contribution >= 4 is 35.5 Å². The zero-order valence-corrected chi connectivity index (χ0v) is 14.6. The number of amides is 2. The lowest BCUT2D eigenvalue weighted by Gasteiger charge is -2.10. The van der Waals surface area contributed by atoms with E-state index in [4.69, 9.17) is 11.6 Å². The number of alkyl halides is 3. The summed E-state index contributed by atoms with van der Waals surface area (Å²) in [5.74, 6) is -1.99. The fraction of sp³-hybridized carbons (Fsp3) is 0.312. The van der Waals surface area contributed by atoms with E-state index in [1.807, 2.05) is 0 Å². The number of nitrogens with zero attached hydrogens (tertiary/aromatic N) is 1. The van der Waals surface area contributed by atoms with Gasteiger partial charge in [0, 0.05) is 25.2 Å². The Kier molecular flexibility index (Phi) is 7.63. The monoisotopic (exact) mass is 392 g/mol. The van der Waals surface area contributed by atoms with E-state index < -0.39 is 30.2 Å². The van der Waals surface area contributed by atoms with Gasteiger partial charge in [0.25, 0.3) is 5.91 Å². The first kappa shape index (κ1) is 21.5. The van der Waals surface area contributed by atoms with Gasteiger partial charge in [-0.25, -0.2) is 4.79 Å². The van der Waals surface area contributed by atoms with Crippen LogP contribution >= 0.6 is 11.6 Å². The summed E-state index contributed by atoms with van der Waals surface area (Å²) in [4.78, 5) is 35.5. The molecule has 1 N–H and O–H groups in total. The van der Waals surface area contributed by atoms with Crippen LogP contribution in [0.2, 0.25) is 5.02 Å². The lowest BCUT2D eigenvalue weighted by atomic mass is 10.1. The Morgan fingerprint density at radius 1 is 1.27 bits per heavy atom. The summed E-state index contributed by atoms with van der Waals surface area (Å²) in [6, 6.07) is 2.66. The van der Waals surface area contributed by atoms with Gasteiger partial charge in [-0.05, 0) is 29.8 Å². The third-order valence-electron chi connectivity index (χ3n) is 3.00. The number of esters is 1. The van der Waals surface area contributed by atoms with Crippen LogP contribution in [0.5, 0.6) is 0 Å². The van der Waals surface area contributed by atoms with Crippen LogP contribution in [0.3, 0.4) is 0 Å². The minimum absolute atomic E-state index is 0.0157. The molecule has 1 rings (SSSR count). The molecule has 0 unspecified atom stereocenters. The zero-order chi connectivity index (χ0) is 19.9. The summed E-state index contributed by atoms with van der Waals surface area (Å²) in [5.41, 5.74) is -0.945. The summed E-state index contributed by atoms with van der Waals surface area (Å²) in [6.07, 6.45) is -2.65. The lowest BCUT2D eigenvalue weighted by Crippen LogP contribution is -2.38. The first-order valence-corrected chi connectivity index (χ1v) is 7.57. The Bertz CT molecular complexity index is 718. The van der Waals surface area contributed by atoms with Crippen molar-refractivity contribution in [1.82, 2.24) is 10.2 Å². The third-order valence-corrected chi connectivity index (χ3v) is 3.35. The number of hydrogen-bond acceptors (Lipinski definition) is 4. The molecule has 1 aromatic rings. The van der Waals surface area contributed by atoms with Crippen LogP contribution in [0.4, 0.5) is 13.2 Å². The van der Waals surface area contributed by atoms with Crippen LogP contribution in [0.1, 0.15) is 11.1 Å². The van der Waals surface area contributed by atoms with Crippen LogP contribution in [-0.4, -0.2) is 49.9 Å². The number of nitrogens with one attached hydrogen (secondary N) is 1. The van der Waals surface area contributed by atoms with Crippen molar-refractivity contribution in [3.63, 3.8) is 0 Å². The number of rotatable bonds is 6. The highest BCUT2D eigenvalue weighted by atomic mass is 35.5. The molecule has 142 valence electrons. The highest BCUT2D eigenvalue weighted by molar-refractivity contribution is 6.32. The Labute approximate surface area is 152 Å². The van der Waals surface area contributed by atoms with Gasteiger partial charge in [-0.2, -0.15) is 13.2 Å². The summed E-state index contributed by atoms with van der Waals surface area (Å²) in [7, 11) is 3.02. The first-order chi connectivity index (χ1) is 12.0. The number of likely N-dealkylation sites (N-methyl/N-ethyl adjacent to an activating group) is 1. The van der Waals surface area contributed by atoms with Crippen molar-refractivity contribution in [3.8, 4) is 0 Å². The Morgan fingerprint density at radius 2 is 1.92 bits per heavy atom. The molecule has 0 heterocycles. The summed E-state index contributed by atoms with van der Waals surface area (Å²) in [5, 5.41) is 2.26. The molecule has 0 aromatic heterocycles. The van der Waals surface area contributed by atoms with Crippen molar-refractivity contribution in [1.29, 1.82) is 0 Å². The van der Waals surface area contributed by atoms with Crippen molar-refractivity contribution in [3.05, 3.63) is 40.4 Å². The normalized spacial score (nSPS) is 11.3. The maximum absolute atomic E-state index is 12.7. The van der Waals surface area contributed by atoms with Crippen molar-refractivity contribution < 1.29 is 32.3 Å². The Hall–Kier alpha value is -2.55. The minimum Gasteiger partial charge on any atom is -0.452 e. The van der Waals surface area contributed by atoms with Crippen molar-refractivity contribution in [2.24, 2.45) is 0 Å². The van der Waals surface area contributed by atoms with E-state index in [0.29, 0.717) is 0 Å². The predicted octanol–water partition coefficient (Wildman–Crippen LogP) is 2.12. The van der Waals surface area contributed by atoms with Gasteiger partial charge in [-0.1, -0.05) is 11.6 Å². The van der Waals surface area contributed by atoms with E-state index in [-0.39, 0.29) is 23.0 Å². The maximum Gasteiger partial charge on any atom is 0.416 e. The van der Waals surface area contributed by atoms with Gasteiger partial charge in [-0.15, -0.1) is 0 Å². The van der Waals surface area contributed by atoms with Crippen LogP contribution in [0.25, 0.3) is 6.08 Å². The SMILES string of the molecule is CN(C)C(=O)CNC(=O)COC(=O)/C=C/c1cc(C(F)(F)F)ccc1Cl. The van der Waals surface area contributed by atoms with Gasteiger partial charge in [-0.3, -0.25) is 9.59 Å². The third kappa shape index (κ3) is 7.14. The largest absolute Gasteiger partial charge is 0.452 e. The maximum atomic E-state index is 12.7. The van der Waals surface area contributed by atoms with Crippen LogP contribution in [-0.2, 0) is 25.3 Å². The molecule has 0 spiro atoms. The molecule has 1 aromatic carbocycles. The van der Waals surface area contributed by atoms with Gasteiger partial charge >= 0.3 is 12.1 Å². The van der Waals surface area contributed by atoms with Crippen LogP contribution < -0.4 is 5.32 Å². The standard InChI is InChI=1S/C16H16ClF3N2O4/c1-22(2)14(24)8-21-13(23)9-26-15(25)6-3-10-7-11(16(18,19)20)4-5-12(10)17/h3-7H,8-9H2,1-2H3,(H,21,23)/b6-3+. The van der Waals surface area contributed by atoms with E-state index in [1.165, 1.54) is 19.0 Å². The van der Waals surface area contributed by atoms with Crippen LogP contribution in [0.15, 0.2) is 24.3 Å². The number of carbonyl (C=O) groups excluding carboxylic acids is 3. The summed E-state index contributed by atoms with van der Waals surface area (Å²) >= 11 is 5.78. The average Bonchev–Trinajstić information content (AvgIpc) is 2.55. The molecule has 0 atom stereocenters. The van der Waals surface area contributed by atoms with E-state index in [0.717, 1.165) is 30.4 Å². The zero-order valence-electron chi connectivity index (χ0n) is 13.9. The fourth-order valence-electron chi connectivity index (χ4n) is 1.57. The molecule has 0 aliphatic rings. The topological polar surface area (TPSA) is 75.7 Å². The van der Waals surface area contributed by atoms with Gasteiger partial charge in [0.05, 0.1) is 12.1 Å². The molecule has 10 heteroatoms. The minimum atomic E-state index is -4.55. The average molecular weight is 393 g/mol. The Morgan fingerprint density at radius 3 is 2.50 bits per heavy atom. The van der Waals surface area contributed by atoms with Gasteiger partial charge in [0.15, 0.2) is 6.61 Å². The number of halogens is 4. The van der Waals surface area contributed by atoms with Gasteiger partial charge in [0.2, 0.25) is 5.91 Å². The molecule has 0 aliphatic carbocycles. The molecule has 26 heavy (non-hydrogen) atoms. The molecule has 0 fully saturated rings. The predicted molar refractivity (Wildman–Crippen MR) is 88.2 cm³/mol. The van der Waals surface area contributed by atoms with Crippen molar-refractivity contribution in [2.45, 2.75) is 6.18 Å². The Balaban J connectivity index is 2.58. The molecular formula is C16H16ClF3N2O4. The molecule has 0 saturated heterocycles. The second kappa shape index (κ2) is 9.23. The molecule has 0 aliphatic heterocycles. The molecule has 0 saturated carbocycles. The smallest absolute Gasteiger partial charge is 0.416 e. The molecular weight excluding hydrogens is 377 g/mol. The van der Waals surface area contributed by atoms with Crippen molar-refractivity contribution in [2.75, 3.05) is 27.2 Å². The summed E-state index contributed by atoms with van der Waals surface area (Å²) in [6.45, 7) is -0.890. The highest BCUT2D eigenvalue weighted by Crippen LogP contribution is 2.32.